The molecular formula is C15H19ClN2OS. The van der Waals surface area contributed by atoms with E-state index in [1.54, 1.807) is 23.5 Å². The molecule has 1 heterocycles. The first-order valence-corrected chi connectivity index (χ1v) is 7.84. The molecule has 3 nitrogen and oxygen atoms in total. The lowest BCUT2D eigenvalue weighted by Gasteiger charge is -2.11. The summed E-state index contributed by atoms with van der Waals surface area (Å²) in [7, 11) is 0. The number of hydrogen-bond acceptors (Lipinski definition) is 4. The molecule has 0 radical (unpaired) electrons. The Bertz CT molecular complexity index is 539. The van der Waals surface area contributed by atoms with E-state index in [0.29, 0.717) is 17.5 Å². The first-order chi connectivity index (χ1) is 9.56. The molecule has 20 heavy (non-hydrogen) atoms. The molecule has 2 rings (SSSR count). The Morgan fingerprint density at radius 2 is 2.00 bits per heavy atom. The number of hydrogen-bond donors (Lipinski definition) is 2. The Kier molecular flexibility index (Phi) is 5.54. The first-order valence-electron chi connectivity index (χ1n) is 6.65. The summed E-state index contributed by atoms with van der Waals surface area (Å²) in [5, 5.41) is 15.2. The van der Waals surface area contributed by atoms with Gasteiger partial charge in [0.2, 0.25) is 0 Å². The first kappa shape index (κ1) is 15.4. The second kappa shape index (κ2) is 7.18. The van der Waals surface area contributed by atoms with Gasteiger partial charge in [0.15, 0.2) is 0 Å². The Hall–Kier alpha value is -0.940. The van der Waals surface area contributed by atoms with E-state index in [0.717, 1.165) is 17.1 Å². The van der Waals surface area contributed by atoms with E-state index in [1.165, 1.54) is 4.88 Å². The molecular weight excluding hydrogens is 292 g/mol. The molecule has 1 aromatic heterocycles. The summed E-state index contributed by atoms with van der Waals surface area (Å²) in [5.74, 6) is 0.466. The van der Waals surface area contributed by atoms with Gasteiger partial charge in [-0.15, -0.1) is 11.3 Å². The molecule has 0 saturated heterocycles. The topological polar surface area (TPSA) is 45.2 Å². The van der Waals surface area contributed by atoms with E-state index in [2.05, 4.69) is 24.1 Å². The van der Waals surface area contributed by atoms with E-state index in [-0.39, 0.29) is 0 Å². The van der Waals surface area contributed by atoms with Crippen molar-refractivity contribution in [1.82, 2.24) is 10.3 Å². The van der Waals surface area contributed by atoms with E-state index < -0.39 is 6.10 Å². The molecule has 2 aromatic rings. The van der Waals surface area contributed by atoms with Crippen molar-refractivity contribution >= 4 is 22.9 Å². The van der Waals surface area contributed by atoms with Crippen LogP contribution in [0.1, 0.15) is 41.3 Å². The minimum Gasteiger partial charge on any atom is -0.387 e. The smallest absolute Gasteiger partial charge is 0.0953 e. The van der Waals surface area contributed by atoms with Crippen LogP contribution < -0.4 is 5.32 Å². The highest BCUT2D eigenvalue weighted by Crippen LogP contribution is 2.21. The van der Waals surface area contributed by atoms with Crippen LogP contribution in [0.15, 0.2) is 30.5 Å². The van der Waals surface area contributed by atoms with Crippen LogP contribution in [0.5, 0.6) is 0 Å². The van der Waals surface area contributed by atoms with Gasteiger partial charge in [0.05, 0.1) is 11.1 Å². The number of aliphatic hydroxyl groups excluding tert-OH is 1. The quantitative estimate of drug-likeness (QED) is 0.854. The maximum absolute atomic E-state index is 10.1. The molecule has 0 fully saturated rings. The Balaban J connectivity index is 1.81. The predicted octanol–water partition coefficient (Wildman–Crippen LogP) is 3.74. The molecule has 0 aliphatic rings. The summed E-state index contributed by atoms with van der Waals surface area (Å²) in [6.07, 6.45) is 1.38. The standard InChI is InChI=1S/C15H19ClN2OS/c1-10(2)15-18-8-13(20-15)7-17-9-14(19)11-3-5-12(16)6-4-11/h3-6,8,10,14,17,19H,7,9H2,1-2H3. The summed E-state index contributed by atoms with van der Waals surface area (Å²) in [5.41, 5.74) is 0.870. The number of rotatable bonds is 6. The Morgan fingerprint density at radius 3 is 2.60 bits per heavy atom. The minimum atomic E-state index is -0.523. The highest BCUT2D eigenvalue weighted by molar-refractivity contribution is 7.11. The van der Waals surface area contributed by atoms with E-state index in [4.69, 9.17) is 11.6 Å². The normalized spacial score (nSPS) is 12.8. The highest BCUT2D eigenvalue weighted by Gasteiger charge is 2.08. The van der Waals surface area contributed by atoms with E-state index in [9.17, 15) is 5.11 Å². The van der Waals surface area contributed by atoms with E-state index in [1.807, 2.05) is 18.3 Å². The zero-order valence-electron chi connectivity index (χ0n) is 11.6. The number of halogens is 1. The van der Waals surface area contributed by atoms with Crippen molar-refractivity contribution in [1.29, 1.82) is 0 Å². The molecule has 1 unspecified atom stereocenters. The van der Waals surface area contributed by atoms with Crippen molar-refractivity contribution in [2.45, 2.75) is 32.4 Å². The second-order valence-corrected chi connectivity index (χ2v) is 6.60. The lowest BCUT2D eigenvalue weighted by atomic mass is 10.1. The van der Waals surface area contributed by atoms with Gasteiger partial charge in [0, 0.05) is 35.1 Å². The number of aromatic nitrogens is 1. The highest BCUT2D eigenvalue weighted by atomic mass is 35.5. The summed E-state index contributed by atoms with van der Waals surface area (Å²) < 4.78 is 0. The minimum absolute atomic E-state index is 0.466. The Morgan fingerprint density at radius 1 is 1.30 bits per heavy atom. The number of nitrogens with zero attached hydrogens (tertiary/aromatic N) is 1. The van der Waals surface area contributed by atoms with Crippen molar-refractivity contribution < 1.29 is 5.11 Å². The third-order valence-electron chi connectivity index (χ3n) is 2.96. The van der Waals surface area contributed by atoms with Crippen LogP contribution >= 0.6 is 22.9 Å². The van der Waals surface area contributed by atoms with Gasteiger partial charge in [-0.1, -0.05) is 37.6 Å². The lowest BCUT2D eigenvalue weighted by molar-refractivity contribution is 0.174. The average molecular weight is 311 g/mol. The fraction of sp³-hybridized carbons (Fsp3) is 0.400. The molecule has 1 aromatic carbocycles. The molecule has 0 saturated carbocycles. The van der Waals surface area contributed by atoms with Crippen molar-refractivity contribution in [3.8, 4) is 0 Å². The second-order valence-electron chi connectivity index (χ2n) is 5.02. The number of aliphatic hydroxyl groups is 1. The van der Waals surface area contributed by atoms with E-state index >= 15 is 0 Å². The van der Waals surface area contributed by atoms with Crippen LogP contribution in [0.2, 0.25) is 5.02 Å². The predicted molar refractivity (Wildman–Crippen MR) is 84.3 cm³/mol. The molecule has 0 spiro atoms. The molecule has 5 heteroatoms. The summed E-state index contributed by atoms with van der Waals surface area (Å²) in [6.45, 7) is 5.52. The van der Waals surface area contributed by atoms with Crippen LogP contribution in [-0.2, 0) is 6.54 Å². The molecule has 0 aliphatic heterocycles. The fourth-order valence-electron chi connectivity index (χ4n) is 1.81. The third kappa shape index (κ3) is 4.28. The van der Waals surface area contributed by atoms with Gasteiger partial charge in [-0.05, 0) is 17.7 Å². The van der Waals surface area contributed by atoms with Gasteiger partial charge in [0.25, 0.3) is 0 Å². The average Bonchev–Trinajstić information content (AvgIpc) is 2.88. The molecule has 0 aliphatic carbocycles. The van der Waals surface area contributed by atoms with Crippen LogP contribution in [-0.4, -0.2) is 16.6 Å². The zero-order valence-corrected chi connectivity index (χ0v) is 13.2. The lowest BCUT2D eigenvalue weighted by Crippen LogP contribution is -2.20. The van der Waals surface area contributed by atoms with Crippen LogP contribution in [0.25, 0.3) is 0 Å². The summed E-state index contributed by atoms with van der Waals surface area (Å²) >= 11 is 7.54. The summed E-state index contributed by atoms with van der Waals surface area (Å²) in [6, 6.07) is 7.27. The van der Waals surface area contributed by atoms with Crippen molar-refractivity contribution in [3.63, 3.8) is 0 Å². The number of benzene rings is 1. The van der Waals surface area contributed by atoms with Crippen molar-refractivity contribution in [3.05, 3.63) is 50.9 Å². The van der Waals surface area contributed by atoms with Crippen LogP contribution in [0.4, 0.5) is 0 Å². The Labute approximate surface area is 128 Å². The van der Waals surface area contributed by atoms with Crippen molar-refractivity contribution in [2.75, 3.05) is 6.54 Å². The third-order valence-corrected chi connectivity index (χ3v) is 4.51. The molecule has 0 amide bonds. The van der Waals surface area contributed by atoms with Gasteiger partial charge < -0.3 is 10.4 Å². The number of thiazole rings is 1. The monoisotopic (exact) mass is 310 g/mol. The number of nitrogens with one attached hydrogen (secondary N) is 1. The van der Waals surface area contributed by atoms with Crippen LogP contribution in [0, 0.1) is 0 Å². The van der Waals surface area contributed by atoms with Gasteiger partial charge >= 0.3 is 0 Å². The zero-order chi connectivity index (χ0) is 14.5. The van der Waals surface area contributed by atoms with Crippen LogP contribution in [0.3, 0.4) is 0 Å². The molecule has 2 N–H and O–H groups in total. The maximum Gasteiger partial charge on any atom is 0.0953 e. The largest absolute Gasteiger partial charge is 0.387 e. The van der Waals surface area contributed by atoms with Gasteiger partial charge in [-0.2, -0.15) is 0 Å². The fourth-order valence-corrected chi connectivity index (χ4v) is 2.82. The van der Waals surface area contributed by atoms with Gasteiger partial charge in [0.1, 0.15) is 0 Å². The summed E-state index contributed by atoms with van der Waals surface area (Å²) in [4.78, 5) is 5.57. The molecule has 1 atom stereocenters. The molecule has 0 bridgehead atoms. The van der Waals surface area contributed by atoms with Gasteiger partial charge in [-0.25, -0.2) is 4.98 Å². The SMILES string of the molecule is CC(C)c1ncc(CNCC(O)c2ccc(Cl)cc2)s1. The maximum atomic E-state index is 10.1. The van der Waals surface area contributed by atoms with Gasteiger partial charge in [-0.3, -0.25) is 0 Å². The molecule has 108 valence electrons. The van der Waals surface area contributed by atoms with Crippen molar-refractivity contribution in [2.24, 2.45) is 0 Å².